The number of primary amides is 1. The Labute approximate surface area is 154 Å². The molecule has 7 nitrogen and oxygen atoms in total. The fourth-order valence-corrected chi connectivity index (χ4v) is 2.75. The zero-order valence-corrected chi connectivity index (χ0v) is 16.1. The van der Waals surface area contributed by atoms with E-state index in [0.717, 1.165) is 6.42 Å². The number of benzene rings is 1. The van der Waals surface area contributed by atoms with Crippen LogP contribution < -0.4 is 16.2 Å². The molecule has 0 saturated carbocycles. The summed E-state index contributed by atoms with van der Waals surface area (Å²) in [7, 11) is 0. The summed E-state index contributed by atoms with van der Waals surface area (Å²) in [4.78, 5) is 30.1. The van der Waals surface area contributed by atoms with Gasteiger partial charge in [0.15, 0.2) is 5.96 Å². The molecule has 0 aromatic heterocycles. The second-order valence-electron chi connectivity index (χ2n) is 7.88. The lowest BCUT2D eigenvalue weighted by atomic mass is 9.93. The summed E-state index contributed by atoms with van der Waals surface area (Å²) in [6.07, 6.45) is 1.01. The first-order chi connectivity index (χ1) is 11.9. The minimum Gasteiger partial charge on any atom is -0.488 e. The van der Waals surface area contributed by atoms with E-state index in [4.69, 9.17) is 16.2 Å². The van der Waals surface area contributed by atoms with E-state index in [2.05, 4.69) is 4.99 Å². The van der Waals surface area contributed by atoms with Gasteiger partial charge in [-0.15, -0.1) is 0 Å². The molecule has 0 saturated heterocycles. The first-order valence-corrected chi connectivity index (χ1v) is 8.71. The van der Waals surface area contributed by atoms with Gasteiger partial charge in [0, 0.05) is 11.1 Å². The predicted molar refractivity (Wildman–Crippen MR) is 101 cm³/mol. The number of carbonyl (C=O) groups excluding carboxylic acids is 2. The Morgan fingerprint density at radius 2 is 2.04 bits per heavy atom. The maximum Gasteiger partial charge on any atom is 0.248 e. The summed E-state index contributed by atoms with van der Waals surface area (Å²) in [5, 5.41) is 0. The number of rotatable bonds is 5. The van der Waals surface area contributed by atoms with Gasteiger partial charge in [-0.25, -0.2) is 4.99 Å². The third-order valence-corrected chi connectivity index (χ3v) is 4.35. The van der Waals surface area contributed by atoms with E-state index in [1.165, 1.54) is 4.90 Å². The second-order valence-corrected chi connectivity index (χ2v) is 7.88. The smallest absolute Gasteiger partial charge is 0.248 e. The maximum absolute atomic E-state index is 12.6. The highest BCUT2D eigenvalue weighted by Crippen LogP contribution is 2.29. The predicted octanol–water partition coefficient (Wildman–Crippen LogP) is 2.18. The van der Waals surface area contributed by atoms with Crippen LogP contribution in [0.4, 0.5) is 0 Å². The molecule has 142 valence electrons. The van der Waals surface area contributed by atoms with Crippen LogP contribution in [0.1, 0.15) is 63.4 Å². The van der Waals surface area contributed by atoms with Crippen molar-refractivity contribution in [3.63, 3.8) is 0 Å². The van der Waals surface area contributed by atoms with E-state index in [1.54, 1.807) is 18.2 Å². The van der Waals surface area contributed by atoms with Gasteiger partial charge in [-0.2, -0.15) is 0 Å². The average Bonchev–Trinajstić information content (AvgIpc) is 2.50. The Morgan fingerprint density at radius 1 is 1.38 bits per heavy atom. The van der Waals surface area contributed by atoms with Crippen molar-refractivity contribution in [1.29, 1.82) is 0 Å². The van der Waals surface area contributed by atoms with Gasteiger partial charge in [0.1, 0.15) is 11.4 Å². The lowest BCUT2D eigenvalue weighted by molar-refractivity contribution is -0.129. The molecule has 0 fully saturated rings. The standard InChI is InChI=1S/C19H28N4O3/c1-6-19(5)10-15(24)23(17(21)22-19)11-13-9-12(16(20)25)7-8-14(13)26-18(2,3)4/h7-9H,6,10-11H2,1-5H3,(H2,20,25)(H2,21,22). The molecule has 26 heavy (non-hydrogen) atoms. The molecular formula is C19H28N4O3. The quantitative estimate of drug-likeness (QED) is 0.838. The number of carbonyl (C=O) groups is 2. The average molecular weight is 360 g/mol. The van der Waals surface area contributed by atoms with Gasteiger partial charge in [0.05, 0.1) is 18.5 Å². The van der Waals surface area contributed by atoms with Crippen molar-refractivity contribution in [2.24, 2.45) is 16.5 Å². The monoisotopic (exact) mass is 360 g/mol. The molecule has 1 aliphatic rings. The number of aliphatic imine (C=N–C) groups is 1. The van der Waals surface area contributed by atoms with Gasteiger partial charge >= 0.3 is 0 Å². The minimum atomic E-state index is -0.543. The molecule has 2 rings (SSSR count). The van der Waals surface area contributed by atoms with Crippen molar-refractivity contribution in [3.05, 3.63) is 29.3 Å². The first kappa shape index (κ1) is 19.8. The molecule has 0 aliphatic carbocycles. The summed E-state index contributed by atoms with van der Waals surface area (Å²) < 4.78 is 5.97. The van der Waals surface area contributed by atoms with E-state index >= 15 is 0 Å². The van der Waals surface area contributed by atoms with Crippen LogP contribution in [0.2, 0.25) is 0 Å². The third kappa shape index (κ3) is 4.53. The fraction of sp³-hybridized carbons (Fsp3) is 0.526. The largest absolute Gasteiger partial charge is 0.488 e. The van der Waals surface area contributed by atoms with Gasteiger partial charge in [-0.3, -0.25) is 14.5 Å². The van der Waals surface area contributed by atoms with Crippen LogP contribution in [-0.2, 0) is 11.3 Å². The zero-order valence-electron chi connectivity index (χ0n) is 16.1. The number of nitrogens with two attached hydrogens (primary N) is 2. The summed E-state index contributed by atoms with van der Waals surface area (Å²) in [6, 6.07) is 4.94. The molecule has 1 aromatic carbocycles. The van der Waals surface area contributed by atoms with Gasteiger partial charge in [0.25, 0.3) is 0 Å². The molecule has 1 aliphatic heterocycles. The van der Waals surface area contributed by atoms with Crippen LogP contribution in [0.25, 0.3) is 0 Å². The first-order valence-electron chi connectivity index (χ1n) is 8.71. The molecule has 0 bridgehead atoms. The zero-order chi connectivity index (χ0) is 19.7. The number of ether oxygens (including phenoxy) is 1. The van der Waals surface area contributed by atoms with Gasteiger partial charge in [-0.1, -0.05) is 6.92 Å². The summed E-state index contributed by atoms with van der Waals surface area (Å²) in [5.41, 5.74) is 11.6. The SMILES string of the molecule is CCC1(C)CC(=O)N(Cc2cc(C(N)=O)ccc2OC(C)(C)C)C(N)=N1. The number of amides is 2. The van der Waals surface area contributed by atoms with Gasteiger partial charge in [-0.05, 0) is 52.3 Å². The molecule has 2 amide bonds. The minimum absolute atomic E-state index is 0.104. The Bertz CT molecular complexity index is 752. The number of nitrogens with zero attached hydrogens (tertiary/aromatic N) is 2. The summed E-state index contributed by atoms with van der Waals surface area (Å²) in [6.45, 7) is 9.83. The highest BCUT2D eigenvalue weighted by atomic mass is 16.5. The van der Waals surface area contributed by atoms with E-state index in [-0.39, 0.29) is 24.8 Å². The van der Waals surface area contributed by atoms with Crippen LogP contribution in [0.3, 0.4) is 0 Å². The highest BCUT2D eigenvalue weighted by Gasteiger charge is 2.35. The molecule has 1 unspecified atom stereocenters. The summed E-state index contributed by atoms with van der Waals surface area (Å²) >= 11 is 0. The third-order valence-electron chi connectivity index (χ3n) is 4.35. The Kier molecular flexibility index (Phi) is 5.30. The molecule has 4 N–H and O–H groups in total. The van der Waals surface area contributed by atoms with Crippen molar-refractivity contribution >= 4 is 17.8 Å². The van der Waals surface area contributed by atoms with Gasteiger partial charge < -0.3 is 16.2 Å². The van der Waals surface area contributed by atoms with Crippen molar-refractivity contribution < 1.29 is 14.3 Å². The molecule has 0 spiro atoms. The Morgan fingerprint density at radius 3 is 2.54 bits per heavy atom. The lowest BCUT2D eigenvalue weighted by Gasteiger charge is -2.35. The Balaban J connectivity index is 2.40. The van der Waals surface area contributed by atoms with Crippen LogP contribution in [0.5, 0.6) is 5.75 Å². The van der Waals surface area contributed by atoms with Crippen molar-refractivity contribution in [3.8, 4) is 5.75 Å². The van der Waals surface area contributed by atoms with E-state index in [9.17, 15) is 9.59 Å². The highest BCUT2D eigenvalue weighted by molar-refractivity contribution is 5.99. The molecule has 1 heterocycles. The van der Waals surface area contributed by atoms with Crippen LogP contribution in [0.15, 0.2) is 23.2 Å². The van der Waals surface area contributed by atoms with Crippen molar-refractivity contribution in [2.75, 3.05) is 0 Å². The fourth-order valence-electron chi connectivity index (χ4n) is 2.75. The van der Waals surface area contributed by atoms with E-state index < -0.39 is 17.0 Å². The topological polar surface area (TPSA) is 111 Å². The molecule has 1 aromatic rings. The van der Waals surface area contributed by atoms with Crippen molar-refractivity contribution in [2.45, 2.75) is 65.1 Å². The van der Waals surface area contributed by atoms with E-state index in [0.29, 0.717) is 16.9 Å². The van der Waals surface area contributed by atoms with Crippen molar-refractivity contribution in [1.82, 2.24) is 4.90 Å². The van der Waals surface area contributed by atoms with E-state index in [1.807, 2.05) is 34.6 Å². The van der Waals surface area contributed by atoms with Crippen LogP contribution in [0, 0.1) is 0 Å². The number of guanidine groups is 1. The second kappa shape index (κ2) is 6.97. The molecule has 0 radical (unpaired) electrons. The maximum atomic E-state index is 12.6. The molecule has 7 heteroatoms. The van der Waals surface area contributed by atoms with Gasteiger partial charge in [0.2, 0.25) is 11.8 Å². The number of hydrogen-bond acceptors (Lipinski definition) is 5. The Hall–Kier alpha value is -2.57. The molecule has 1 atom stereocenters. The lowest BCUT2D eigenvalue weighted by Crippen LogP contribution is -2.50. The van der Waals surface area contributed by atoms with Crippen LogP contribution in [-0.4, -0.2) is 33.8 Å². The molecular weight excluding hydrogens is 332 g/mol. The number of hydrogen-bond donors (Lipinski definition) is 2. The summed E-state index contributed by atoms with van der Waals surface area (Å²) in [5.74, 6) is 0.107. The van der Waals surface area contributed by atoms with Crippen LogP contribution >= 0.6 is 0 Å². The normalized spacial score (nSPS) is 20.7.